The normalized spacial score (nSPS) is 11.2. The minimum Gasteiger partial charge on any atom is -0.256 e. The van der Waals surface area contributed by atoms with Crippen LogP contribution >= 0.6 is 0 Å². The van der Waals surface area contributed by atoms with Crippen molar-refractivity contribution in [2.24, 2.45) is 0 Å². The molecule has 5 rings (SSSR count). The minimum atomic E-state index is 0.654. The van der Waals surface area contributed by atoms with Gasteiger partial charge in [0.15, 0.2) is 5.82 Å². The van der Waals surface area contributed by atoms with Gasteiger partial charge in [-0.1, -0.05) is 60.7 Å². The number of nitrogens with zero attached hydrogens (tertiary/aromatic N) is 4. The fraction of sp³-hybridized carbons (Fsp3) is 0. The highest BCUT2D eigenvalue weighted by molar-refractivity contribution is 6.13. The van der Waals surface area contributed by atoms with Gasteiger partial charge in [0.1, 0.15) is 0 Å². The summed E-state index contributed by atoms with van der Waals surface area (Å²) >= 11 is 0. The van der Waals surface area contributed by atoms with Gasteiger partial charge < -0.3 is 0 Å². The highest BCUT2D eigenvalue weighted by Crippen LogP contribution is 2.37. The van der Waals surface area contributed by atoms with Crippen molar-refractivity contribution in [2.45, 2.75) is 0 Å². The van der Waals surface area contributed by atoms with Crippen molar-refractivity contribution in [3.63, 3.8) is 0 Å². The Kier molecular flexibility index (Phi) is 3.03. The molecule has 5 nitrogen and oxygen atoms in total. The first-order valence-electron chi connectivity index (χ1n) is 8.02. The summed E-state index contributed by atoms with van der Waals surface area (Å²) in [6, 6.07) is 22.7. The maximum Gasteiger partial charge on any atom is 0.180 e. The van der Waals surface area contributed by atoms with Crippen molar-refractivity contribution >= 4 is 21.7 Å². The zero-order valence-electron chi connectivity index (χ0n) is 13.2. The quantitative estimate of drug-likeness (QED) is 0.494. The second-order valence-corrected chi connectivity index (χ2v) is 5.84. The molecule has 0 aliphatic heterocycles. The van der Waals surface area contributed by atoms with Crippen molar-refractivity contribution in [3.05, 3.63) is 72.9 Å². The van der Waals surface area contributed by atoms with Crippen LogP contribution in [-0.4, -0.2) is 25.6 Å². The molecule has 0 aliphatic carbocycles. The Bertz CT molecular complexity index is 1200. The van der Waals surface area contributed by atoms with Crippen molar-refractivity contribution in [3.8, 4) is 22.5 Å². The third-order valence-corrected chi connectivity index (χ3v) is 4.43. The van der Waals surface area contributed by atoms with Crippen LogP contribution in [0.4, 0.5) is 0 Å². The van der Waals surface area contributed by atoms with Gasteiger partial charge in [-0.2, -0.15) is 0 Å². The molecule has 118 valence electrons. The maximum absolute atomic E-state index is 4.64. The number of aromatic nitrogens is 5. The molecule has 5 heteroatoms. The predicted octanol–water partition coefficient (Wildman–Crippen LogP) is 4.24. The number of tetrazole rings is 1. The number of fused-ring (bicyclic) bond motifs is 3. The topological polar surface area (TPSA) is 67.3 Å². The molecule has 5 aromatic rings. The summed E-state index contributed by atoms with van der Waals surface area (Å²) in [5, 5.41) is 17.8. The van der Waals surface area contributed by atoms with Gasteiger partial charge in [0.25, 0.3) is 0 Å². The van der Waals surface area contributed by atoms with Gasteiger partial charge in [-0.05, 0) is 33.0 Å². The first-order chi connectivity index (χ1) is 12.4. The summed E-state index contributed by atoms with van der Waals surface area (Å²) in [5.74, 6) is 0.654. The van der Waals surface area contributed by atoms with E-state index >= 15 is 0 Å². The summed E-state index contributed by atoms with van der Waals surface area (Å²) in [6.07, 6.45) is 1.92. The fourth-order valence-electron chi connectivity index (χ4n) is 3.33. The van der Waals surface area contributed by atoms with Crippen molar-refractivity contribution in [2.75, 3.05) is 0 Å². The van der Waals surface area contributed by atoms with Crippen LogP contribution in [0, 0.1) is 0 Å². The molecule has 3 aromatic carbocycles. The number of hydrogen-bond acceptors (Lipinski definition) is 4. The average Bonchev–Trinajstić information content (AvgIpc) is 3.22. The largest absolute Gasteiger partial charge is 0.256 e. The molecule has 0 amide bonds. The molecule has 0 saturated heterocycles. The smallest absolute Gasteiger partial charge is 0.180 e. The van der Waals surface area contributed by atoms with E-state index in [2.05, 4.69) is 55.9 Å². The van der Waals surface area contributed by atoms with Gasteiger partial charge in [0, 0.05) is 22.5 Å². The van der Waals surface area contributed by atoms with Crippen LogP contribution in [0.15, 0.2) is 72.9 Å². The molecule has 2 aromatic heterocycles. The van der Waals surface area contributed by atoms with Gasteiger partial charge in [-0.25, -0.2) is 5.10 Å². The van der Waals surface area contributed by atoms with E-state index in [1.807, 2.05) is 42.6 Å². The van der Waals surface area contributed by atoms with E-state index in [0.717, 1.165) is 33.0 Å². The predicted molar refractivity (Wildman–Crippen MR) is 97.9 cm³/mol. The third-order valence-electron chi connectivity index (χ3n) is 4.43. The SMILES string of the molecule is c1ccc(-c2cccc3ncc4ccccc4c23)c(-c2nnn[nH]2)c1. The van der Waals surface area contributed by atoms with Crippen LogP contribution in [0.1, 0.15) is 0 Å². The van der Waals surface area contributed by atoms with Crippen LogP contribution in [0.3, 0.4) is 0 Å². The highest BCUT2D eigenvalue weighted by Gasteiger charge is 2.14. The fourth-order valence-corrected chi connectivity index (χ4v) is 3.33. The Morgan fingerprint density at radius 1 is 0.720 bits per heavy atom. The van der Waals surface area contributed by atoms with Gasteiger partial charge in [0.2, 0.25) is 0 Å². The molecule has 2 heterocycles. The lowest BCUT2D eigenvalue weighted by Crippen LogP contribution is -1.90. The number of rotatable bonds is 2. The van der Waals surface area contributed by atoms with Crippen LogP contribution in [0.2, 0.25) is 0 Å². The highest BCUT2D eigenvalue weighted by atomic mass is 15.5. The second kappa shape index (κ2) is 5.49. The molecule has 0 aliphatic rings. The first-order valence-corrected chi connectivity index (χ1v) is 8.02. The molecule has 1 N–H and O–H groups in total. The molecular weight excluding hydrogens is 310 g/mol. The Labute approximate surface area is 143 Å². The molecule has 0 fully saturated rings. The zero-order chi connectivity index (χ0) is 16.6. The number of nitrogens with one attached hydrogen (secondary N) is 1. The molecule has 0 unspecified atom stereocenters. The Balaban J connectivity index is 1.90. The Morgan fingerprint density at radius 2 is 1.52 bits per heavy atom. The molecule has 0 atom stereocenters. The molecular formula is C20H13N5. The van der Waals surface area contributed by atoms with Gasteiger partial charge in [0.05, 0.1) is 5.52 Å². The van der Waals surface area contributed by atoms with E-state index < -0.39 is 0 Å². The number of hydrogen-bond donors (Lipinski definition) is 1. The van der Waals surface area contributed by atoms with E-state index in [1.165, 1.54) is 5.39 Å². The third kappa shape index (κ3) is 2.17. The standard InChI is InChI=1S/C20H13N5/c1-2-7-14-13(6-1)12-21-18-11-5-10-16(19(14)18)15-8-3-4-9-17(15)20-22-24-25-23-20/h1-12H,(H,22,23,24,25). The average molecular weight is 323 g/mol. The van der Waals surface area contributed by atoms with Crippen LogP contribution in [0.5, 0.6) is 0 Å². The summed E-state index contributed by atoms with van der Waals surface area (Å²) in [5.41, 5.74) is 4.13. The second-order valence-electron chi connectivity index (χ2n) is 5.84. The van der Waals surface area contributed by atoms with Gasteiger partial charge >= 0.3 is 0 Å². The lowest BCUT2D eigenvalue weighted by atomic mass is 9.93. The number of benzene rings is 3. The zero-order valence-corrected chi connectivity index (χ0v) is 13.2. The van der Waals surface area contributed by atoms with E-state index in [4.69, 9.17) is 0 Å². The van der Waals surface area contributed by atoms with Crippen molar-refractivity contribution in [1.82, 2.24) is 25.6 Å². The number of aromatic amines is 1. The van der Waals surface area contributed by atoms with Crippen molar-refractivity contribution < 1.29 is 0 Å². The summed E-state index contributed by atoms with van der Waals surface area (Å²) in [6.45, 7) is 0. The number of pyridine rings is 1. The molecule has 0 saturated carbocycles. The minimum absolute atomic E-state index is 0.654. The summed E-state index contributed by atoms with van der Waals surface area (Å²) in [4.78, 5) is 4.64. The summed E-state index contributed by atoms with van der Waals surface area (Å²) in [7, 11) is 0. The van der Waals surface area contributed by atoms with Gasteiger partial charge in [-0.15, -0.1) is 5.10 Å². The number of H-pyrrole nitrogens is 1. The van der Waals surface area contributed by atoms with E-state index in [9.17, 15) is 0 Å². The molecule has 0 radical (unpaired) electrons. The van der Waals surface area contributed by atoms with E-state index in [1.54, 1.807) is 0 Å². The van der Waals surface area contributed by atoms with Gasteiger partial charge in [-0.3, -0.25) is 4.98 Å². The van der Waals surface area contributed by atoms with Crippen LogP contribution in [0.25, 0.3) is 44.2 Å². The molecule has 0 spiro atoms. The first kappa shape index (κ1) is 13.8. The molecule has 25 heavy (non-hydrogen) atoms. The lowest BCUT2D eigenvalue weighted by Gasteiger charge is -2.12. The molecule has 0 bridgehead atoms. The van der Waals surface area contributed by atoms with E-state index in [-0.39, 0.29) is 0 Å². The summed E-state index contributed by atoms with van der Waals surface area (Å²) < 4.78 is 0. The maximum atomic E-state index is 4.64. The van der Waals surface area contributed by atoms with Crippen LogP contribution in [-0.2, 0) is 0 Å². The Morgan fingerprint density at radius 3 is 2.40 bits per heavy atom. The lowest BCUT2D eigenvalue weighted by molar-refractivity contribution is 0.881. The monoisotopic (exact) mass is 323 g/mol. The Hall–Kier alpha value is -3.60. The van der Waals surface area contributed by atoms with Crippen molar-refractivity contribution in [1.29, 1.82) is 0 Å². The van der Waals surface area contributed by atoms with E-state index in [0.29, 0.717) is 5.82 Å². The van der Waals surface area contributed by atoms with Crippen LogP contribution < -0.4 is 0 Å².